The summed E-state index contributed by atoms with van der Waals surface area (Å²) < 4.78 is 11.6. The first-order valence-corrected chi connectivity index (χ1v) is 10.0. The van der Waals surface area contributed by atoms with Gasteiger partial charge in [0, 0.05) is 5.56 Å². The van der Waals surface area contributed by atoms with Gasteiger partial charge in [-0.15, -0.1) is 0 Å². The maximum Gasteiger partial charge on any atom is 0.220 e. The minimum atomic E-state index is -0.557. The van der Waals surface area contributed by atoms with Gasteiger partial charge < -0.3 is 25.7 Å². The number of ether oxygens (including phenoxy) is 1. The summed E-state index contributed by atoms with van der Waals surface area (Å²) >= 11 is 0. The Hall–Kier alpha value is -3.00. The fourth-order valence-corrected chi connectivity index (χ4v) is 4.21. The summed E-state index contributed by atoms with van der Waals surface area (Å²) in [6.07, 6.45) is 4.94. The summed E-state index contributed by atoms with van der Waals surface area (Å²) in [7, 11) is 0. The minimum Gasteiger partial charge on any atom is -0.492 e. The SMILES string of the molecule is CCOc1ccc(-c2ccc(CO)o2)cc1N1C(N)=NC(N)=NC12CCCCC2. The van der Waals surface area contributed by atoms with Crippen LogP contribution >= 0.6 is 0 Å². The second-order valence-electron chi connectivity index (χ2n) is 7.36. The third-order valence-electron chi connectivity index (χ3n) is 5.45. The van der Waals surface area contributed by atoms with Crippen molar-refractivity contribution in [2.75, 3.05) is 11.5 Å². The number of nitrogens with two attached hydrogens (primary N) is 2. The molecule has 0 saturated heterocycles. The minimum absolute atomic E-state index is 0.146. The van der Waals surface area contributed by atoms with Gasteiger partial charge in [0.25, 0.3) is 0 Å². The number of aliphatic hydroxyl groups is 1. The van der Waals surface area contributed by atoms with Crippen LogP contribution in [0.2, 0.25) is 0 Å². The molecule has 2 heterocycles. The van der Waals surface area contributed by atoms with Crippen molar-refractivity contribution in [3.63, 3.8) is 0 Å². The molecular weight excluding hydrogens is 370 g/mol. The molecule has 4 rings (SSSR count). The topological polar surface area (TPSA) is 123 Å². The van der Waals surface area contributed by atoms with Crippen molar-refractivity contribution in [3.05, 3.63) is 36.1 Å². The number of aliphatic hydroxyl groups excluding tert-OH is 1. The van der Waals surface area contributed by atoms with Gasteiger partial charge >= 0.3 is 0 Å². The van der Waals surface area contributed by atoms with Crippen molar-refractivity contribution in [3.8, 4) is 17.1 Å². The molecule has 1 spiro atoms. The van der Waals surface area contributed by atoms with Crippen LogP contribution in [0.4, 0.5) is 5.69 Å². The van der Waals surface area contributed by atoms with Crippen molar-refractivity contribution in [1.29, 1.82) is 0 Å². The second kappa shape index (κ2) is 7.79. The number of aliphatic imine (C=N–C) groups is 2. The summed E-state index contributed by atoms with van der Waals surface area (Å²) in [5.41, 5.74) is 13.5. The van der Waals surface area contributed by atoms with E-state index in [0.717, 1.165) is 43.4 Å². The fourth-order valence-electron chi connectivity index (χ4n) is 4.21. The molecule has 8 heteroatoms. The first-order valence-electron chi connectivity index (χ1n) is 10.0. The van der Waals surface area contributed by atoms with E-state index < -0.39 is 5.66 Å². The van der Waals surface area contributed by atoms with E-state index in [9.17, 15) is 5.11 Å². The molecule has 0 unspecified atom stereocenters. The molecule has 1 fully saturated rings. The zero-order valence-corrected chi connectivity index (χ0v) is 16.6. The molecule has 0 atom stereocenters. The first kappa shape index (κ1) is 19.3. The molecule has 1 aromatic heterocycles. The van der Waals surface area contributed by atoms with E-state index in [2.05, 4.69) is 4.99 Å². The highest BCUT2D eigenvalue weighted by Crippen LogP contribution is 2.44. The predicted molar refractivity (Wildman–Crippen MR) is 113 cm³/mol. The predicted octanol–water partition coefficient (Wildman–Crippen LogP) is 2.95. The Balaban J connectivity index is 1.84. The molecule has 29 heavy (non-hydrogen) atoms. The van der Waals surface area contributed by atoms with Gasteiger partial charge in [-0.3, -0.25) is 4.90 Å². The Morgan fingerprint density at radius 2 is 1.97 bits per heavy atom. The highest BCUT2D eigenvalue weighted by molar-refractivity contribution is 6.06. The lowest BCUT2D eigenvalue weighted by atomic mass is 9.87. The number of rotatable bonds is 5. The summed E-state index contributed by atoms with van der Waals surface area (Å²) in [6, 6.07) is 9.40. The van der Waals surface area contributed by atoms with Crippen LogP contribution < -0.4 is 21.1 Å². The Kier molecular flexibility index (Phi) is 5.19. The summed E-state index contributed by atoms with van der Waals surface area (Å²) in [6.45, 7) is 2.32. The van der Waals surface area contributed by atoms with Gasteiger partial charge in [0.2, 0.25) is 11.9 Å². The van der Waals surface area contributed by atoms with Gasteiger partial charge in [-0.25, -0.2) is 4.99 Å². The largest absolute Gasteiger partial charge is 0.492 e. The average Bonchev–Trinajstić information content (AvgIpc) is 3.18. The summed E-state index contributed by atoms with van der Waals surface area (Å²) in [4.78, 5) is 11.0. The lowest BCUT2D eigenvalue weighted by molar-refractivity contribution is 0.248. The Morgan fingerprint density at radius 3 is 2.66 bits per heavy atom. The van der Waals surface area contributed by atoms with E-state index in [0.29, 0.717) is 29.8 Å². The highest BCUT2D eigenvalue weighted by Gasteiger charge is 2.43. The molecule has 2 aromatic rings. The number of hydrogen-bond donors (Lipinski definition) is 3. The normalized spacial score (nSPS) is 18.5. The van der Waals surface area contributed by atoms with Crippen LogP contribution in [-0.4, -0.2) is 29.3 Å². The monoisotopic (exact) mass is 397 g/mol. The van der Waals surface area contributed by atoms with Crippen LogP contribution in [0, 0.1) is 0 Å². The molecule has 8 nitrogen and oxygen atoms in total. The van der Waals surface area contributed by atoms with Crippen molar-refractivity contribution in [2.45, 2.75) is 51.3 Å². The van der Waals surface area contributed by atoms with Crippen LogP contribution in [0.5, 0.6) is 5.75 Å². The molecular formula is C21H27N5O3. The quantitative estimate of drug-likeness (QED) is 0.713. The standard InChI is InChI=1S/C21H27N5O3/c1-2-28-18-8-6-14(17-9-7-15(13-27)29-17)12-16(18)26-20(23)24-19(22)25-21(26)10-4-3-5-11-21/h6-9,12,27H,2-5,10-11,13H2,1H3,(H4,22,23,24,25). The number of guanidine groups is 2. The number of hydrogen-bond acceptors (Lipinski definition) is 8. The number of anilines is 1. The highest BCUT2D eigenvalue weighted by atomic mass is 16.5. The van der Waals surface area contributed by atoms with Crippen LogP contribution in [0.1, 0.15) is 44.8 Å². The van der Waals surface area contributed by atoms with E-state index in [1.165, 1.54) is 0 Å². The fraction of sp³-hybridized carbons (Fsp3) is 0.429. The maximum absolute atomic E-state index is 9.32. The van der Waals surface area contributed by atoms with Crippen molar-refractivity contribution < 1.29 is 14.3 Å². The van der Waals surface area contributed by atoms with Gasteiger partial charge in [-0.05, 0) is 62.9 Å². The molecule has 0 amide bonds. The molecule has 1 aliphatic carbocycles. The number of furan rings is 1. The van der Waals surface area contributed by atoms with Crippen molar-refractivity contribution in [1.82, 2.24) is 0 Å². The van der Waals surface area contributed by atoms with Crippen LogP contribution in [0.15, 0.2) is 44.7 Å². The van der Waals surface area contributed by atoms with Gasteiger partial charge in [-0.1, -0.05) is 6.42 Å². The van der Waals surface area contributed by atoms with E-state index in [1.807, 2.05) is 36.1 Å². The summed E-state index contributed by atoms with van der Waals surface area (Å²) in [5.74, 6) is 2.40. The molecule has 0 radical (unpaired) electrons. The number of nitrogens with zero attached hydrogens (tertiary/aromatic N) is 3. The lowest BCUT2D eigenvalue weighted by Crippen LogP contribution is -2.58. The third-order valence-corrected chi connectivity index (χ3v) is 5.45. The zero-order chi connectivity index (χ0) is 20.4. The Bertz CT molecular complexity index is 944. The second-order valence-corrected chi connectivity index (χ2v) is 7.36. The third kappa shape index (κ3) is 3.55. The summed E-state index contributed by atoms with van der Waals surface area (Å²) in [5, 5.41) is 9.32. The van der Waals surface area contributed by atoms with E-state index in [4.69, 9.17) is 25.6 Å². The smallest absolute Gasteiger partial charge is 0.220 e. The Labute approximate surface area is 169 Å². The van der Waals surface area contributed by atoms with E-state index >= 15 is 0 Å². The molecule has 0 bridgehead atoms. The van der Waals surface area contributed by atoms with E-state index in [1.54, 1.807) is 6.07 Å². The molecule has 1 aromatic carbocycles. The Morgan fingerprint density at radius 1 is 1.17 bits per heavy atom. The molecule has 1 saturated carbocycles. The average molecular weight is 397 g/mol. The lowest BCUT2D eigenvalue weighted by Gasteiger charge is -2.46. The van der Waals surface area contributed by atoms with Gasteiger partial charge in [0.05, 0.1) is 12.3 Å². The number of benzene rings is 1. The molecule has 1 aliphatic heterocycles. The molecule has 5 N–H and O–H groups in total. The van der Waals surface area contributed by atoms with Crippen LogP contribution in [0.25, 0.3) is 11.3 Å². The van der Waals surface area contributed by atoms with Gasteiger partial charge in [0.1, 0.15) is 29.5 Å². The van der Waals surface area contributed by atoms with Crippen LogP contribution in [-0.2, 0) is 6.61 Å². The van der Waals surface area contributed by atoms with Gasteiger partial charge in [0.15, 0.2) is 0 Å². The molecule has 154 valence electrons. The van der Waals surface area contributed by atoms with Gasteiger partial charge in [-0.2, -0.15) is 4.99 Å². The zero-order valence-electron chi connectivity index (χ0n) is 16.6. The van der Waals surface area contributed by atoms with Crippen molar-refractivity contribution in [2.24, 2.45) is 21.5 Å². The van der Waals surface area contributed by atoms with Crippen molar-refractivity contribution >= 4 is 17.6 Å². The van der Waals surface area contributed by atoms with E-state index in [-0.39, 0.29) is 12.6 Å². The maximum atomic E-state index is 9.32. The molecule has 2 aliphatic rings. The van der Waals surface area contributed by atoms with Crippen LogP contribution in [0.3, 0.4) is 0 Å². The first-order chi connectivity index (χ1) is 14.1.